The Labute approximate surface area is 186 Å². The van der Waals surface area contributed by atoms with Crippen molar-refractivity contribution in [3.8, 4) is 0 Å². The highest BCUT2D eigenvalue weighted by Crippen LogP contribution is 2.24. The summed E-state index contributed by atoms with van der Waals surface area (Å²) in [5.74, 6) is 0.958. The Morgan fingerprint density at radius 2 is 1.66 bits per heavy atom. The maximum atomic E-state index is 12.7. The van der Waals surface area contributed by atoms with Crippen molar-refractivity contribution in [2.24, 2.45) is 0 Å². The van der Waals surface area contributed by atoms with E-state index in [2.05, 4.69) is 14.8 Å². The van der Waals surface area contributed by atoms with Gasteiger partial charge >= 0.3 is 0 Å². The van der Waals surface area contributed by atoms with Gasteiger partial charge in [-0.2, -0.15) is 0 Å². The number of para-hydroxylation sites is 2. The van der Waals surface area contributed by atoms with E-state index in [9.17, 15) is 4.79 Å². The predicted molar refractivity (Wildman–Crippen MR) is 127 cm³/mol. The monoisotopic (exact) mass is 430 g/mol. The zero-order valence-corrected chi connectivity index (χ0v) is 18.4. The van der Waals surface area contributed by atoms with E-state index in [-0.39, 0.29) is 5.56 Å². The summed E-state index contributed by atoms with van der Waals surface area (Å²) in [5.41, 5.74) is 4.58. The number of aryl methyl sites for hydroxylation is 1. The number of benzene rings is 2. The fourth-order valence-corrected chi connectivity index (χ4v) is 4.25. The molecule has 32 heavy (non-hydrogen) atoms. The number of hydrogen-bond donors (Lipinski definition) is 0. The third-order valence-corrected chi connectivity index (χ3v) is 6.01. The molecule has 0 spiro atoms. The maximum Gasteiger partial charge on any atom is 0.261 e. The van der Waals surface area contributed by atoms with Gasteiger partial charge in [0.05, 0.1) is 47.1 Å². The van der Waals surface area contributed by atoms with Crippen molar-refractivity contribution >= 4 is 33.4 Å². The Kier molecular flexibility index (Phi) is 5.45. The van der Waals surface area contributed by atoms with E-state index < -0.39 is 0 Å². The molecule has 2 aromatic heterocycles. The van der Waals surface area contributed by atoms with Crippen molar-refractivity contribution in [1.82, 2.24) is 19.5 Å². The average molecular weight is 431 g/mol. The minimum Gasteiger partial charge on any atom is -0.383 e. The Hall–Kier alpha value is -3.52. The summed E-state index contributed by atoms with van der Waals surface area (Å²) in [7, 11) is 1.62. The summed E-state index contributed by atoms with van der Waals surface area (Å²) < 4.78 is 6.67. The van der Waals surface area contributed by atoms with Crippen molar-refractivity contribution in [2.75, 3.05) is 49.7 Å². The van der Waals surface area contributed by atoms with Gasteiger partial charge in [-0.05, 0) is 37.3 Å². The van der Waals surface area contributed by atoms with E-state index in [1.165, 1.54) is 0 Å². The second-order valence-corrected chi connectivity index (χ2v) is 8.03. The largest absolute Gasteiger partial charge is 0.383 e. The summed E-state index contributed by atoms with van der Waals surface area (Å²) in [6.07, 6.45) is 1.60. The van der Waals surface area contributed by atoms with Crippen molar-refractivity contribution in [2.45, 2.75) is 13.5 Å². The van der Waals surface area contributed by atoms with Crippen molar-refractivity contribution in [1.29, 1.82) is 0 Å². The van der Waals surface area contributed by atoms with Crippen molar-refractivity contribution < 1.29 is 4.74 Å². The first kappa shape index (κ1) is 20.4. The molecule has 3 heterocycles. The van der Waals surface area contributed by atoms with Gasteiger partial charge in [-0.1, -0.05) is 12.1 Å². The van der Waals surface area contributed by atoms with Gasteiger partial charge in [0, 0.05) is 39.0 Å². The van der Waals surface area contributed by atoms with E-state index in [1.807, 2.05) is 49.4 Å². The number of hydrogen-bond acceptors (Lipinski definition) is 7. The molecule has 5 rings (SSSR count). The molecular formula is C24H26N6O2. The number of piperazine rings is 1. The first-order valence-electron chi connectivity index (χ1n) is 10.9. The highest BCUT2D eigenvalue weighted by atomic mass is 16.5. The number of nitrogens with zero attached hydrogens (tertiary/aromatic N) is 6. The molecule has 1 fully saturated rings. The minimum atomic E-state index is -0.0335. The quantitative estimate of drug-likeness (QED) is 0.482. The Morgan fingerprint density at radius 3 is 2.41 bits per heavy atom. The number of rotatable bonds is 5. The molecule has 164 valence electrons. The summed E-state index contributed by atoms with van der Waals surface area (Å²) in [4.78, 5) is 31.4. The normalized spacial score (nSPS) is 14.4. The third-order valence-electron chi connectivity index (χ3n) is 6.01. The Morgan fingerprint density at radius 1 is 0.938 bits per heavy atom. The van der Waals surface area contributed by atoms with Gasteiger partial charge in [0.15, 0.2) is 5.82 Å². The molecule has 0 saturated carbocycles. The number of aromatic nitrogens is 4. The van der Waals surface area contributed by atoms with Gasteiger partial charge in [-0.3, -0.25) is 9.36 Å². The predicted octanol–water partition coefficient (Wildman–Crippen LogP) is 2.62. The highest BCUT2D eigenvalue weighted by Gasteiger charge is 2.21. The van der Waals surface area contributed by atoms with Gasteiger partial charge in [0.25, 0.3) is 5.56 Å². The summed E-state index contributed by atoms with van der Waals surface area (Å²) in [6.45, 7) is 6.45. The van der Waals surface area contributed by atoms with Crippen LogP contribution >= 0.6 is 0 Å². The molecule has 2 aromatic carbocycles. The van der Waals surface area contributed by atoms with Crippen LogP contribution in [0.2, 0.25) is 0 Å². The molecule has 0 atom stereocenters. The molecule has 0 unspecified atom stereocenters. The molecule has 1 aliphatic rings. The van der Waals surface area contributed by atoms with Crippen LogP contribution in [0.3, 0.4) is 0 Å². The van der Waals surface area contributed by atoms with Gasteiger partial charge in [0.1, 0.15) is 0 Å². The van der Waals surface area contributed by atoms with Gasteiger partial charge in [-0.25, -0.2) is 15.0 Å². The summed E-state index contributed by atoms with van der Waals surface area (Å²) >= 11 is 0. The molecule has 4 aromatic rings. The summed E-state index contributed by atoms with van der Waals surface area (Å²) in [6, 6.07) is 13.9. The SMILES string of the molecule is COCCn1cnc2cc(N3CCN(c4nc5ccccc5nc4C)CC3)ccc2c1=O. The van der Waals surface area contributed by atoms with Crippen LogP contribution < -0.4 is 15.4 Å². The first-order chi connectivity index (χ1) is 15.6. The summed E-state index contributed by atoms with van der Waals surface area (Å²) in [5, 5.41) is 0.632. The van der Waals surface area contributed by atoms with Crippen LogP contribution in [0.1, 0.15) is 5.69 Å². The van der Waals surface area contributed by atoms with E-state index in [0.717, 1.165) is 59.9 Å². The zero-order chi connectivity index (χ0) is 22.1. The molecule has 0 N–H and O–H groups in total. The van der Waals surface area contributed by atoms with Crippen LogP contribution in [0, 0.1) is 6.92 Å². The molecule has 0 bridgehead atoms. The smallest absolute Gasteiger partial charge is 0.261 e. The van der Waals surface area contributed by atoms with Gasteiger partial charge < -0.3 is 14.5 Å². The maximum absolute atomic E-state index is 12.7. The lowest BCUT2D eigenvalue weighted by Gasteiger charge is -2.37. The van der Waals surface area contributed by atoms with E-state index >= 15 is 0 Å². The first-order valence-corrected chi connectivity index (χ1v) is 10.9. The number of fused-ring (bicyclic) bond motifs is 2. The van der Waals surface area contributed by atoms with Crippen LogP contribution in [-0.2, 0) is 11.3 Å². The molecule has 1 aliphatic heterocycles. The molecule has 0 aliphatic carbocycles. The van der Waals surface area contributed by atoms with Gasteiger partial charge in [0.2, 0.25) is 0 Å². The highest BCUT2D eigenvalue weighted by molar-refractivity contribution is 5.81. The van der Waals surface area contributed by atoms with Crippen LogP contribution in [-0.4, -0.2) is 59.4 Å². The van der Waals surface area contributed by atoms with Gasteiger partial charge in [-0.15, -0.1) is 0 Å². The molecule has 8 heteroatoms. The molecule has 1 saturated heterocycles. The Bertz CT molecular complexity index is 1330. The molecule has 0 radical (unpaired) electrons. The molecule has 0 amide bonds. The standard InChI is InChI=1S/C24H26N6O2/c1-17-23(27-21-6-4-3-5-20(21)26-17)29-11-9-28(10-12-29)18-7-8-19-22(15-18)25-16-30(24(19)31)13-14-32-2/h3-8,15-16H,9-14H2,1-2H3. The Balaban J connectivity index is 1.34. The number of ether oxygens (including phenoxy) is 1. The van der Waals surface area contributed by atoms with Crippen LogP contribution in [0.15, 0.2) is 53.6 Å². The molecule has 8 nitrogen and oxygen atoms in total. The van der Waals surface area contributed by atoms with E-state index in [0.29, 0.717) is 18.5 Å². The van der Waals surface area contributed by atoms with E-state index in [1.54, 1.807) is 18.0 Å². The lowest BCUT2D eigenvalue weighted by molar-refractivity contribution is 0.186. The molecular weight excluding hydrogens is 404 g/mol. The second-order valence-electron chi connectivity index (χ2n) is 8.03. The lowest BCUT2D eigenvalue weighted by Crippen LogP contribution is -2.47. The average Bonchev–Trinajstić information content (AvgIpc) is 2.83. The number of anilines is 2. The van der Waals surface area contributed by atoms with Crippen LogP contribution in [0.4, 0.5) is 11.5 Å². The minimum absolute atomic E-state index is 0.0335. The number of methoxy groups -OCH3 is 1. The topological polar surface area (TPSA) is 76.4 Å². The van der Waals surface area contributed by atoms with Crippen LogP contribution in [0.5, 0.6) is 0 Å². The second kappa shape index (κ2) is 8.55. The fourth-order valence-electron chi connectivity index (χ4n) is 4.25. The zero-order valence-electron chi connectivity index (χ0n) is 18.4. The lowest BCUT2D eigenvalue weighted by atomic mass is 10.2. The van der Waals surface area contributed by atoms with Crippen molar-refractivity contribution in [3.05, 3.63) is 64.8 Å². The third kappa shape index (κ3) is 3.78. The van der Waals surface area contributed by atoms with Crippen LogP contribution in [0.25, 0.3) is 21.9 Å². The fraction of sp³-hybridized carbons (Fsp3) is 0.333. The van der Waals surface area contributed by atoms with Crippen molar-refractivity contribution in [3.63, 3.8) is 0 Å². The van der Waals surface area contributed by atoms with E-state index in [4.69, 9.17) is 14.7 Å².